The zero-order valence-electron chi connectivity index (χ0n) is 11.4. The number of benzene rings is 1. The summed E-state index contributed by atoms with van der Waals surface area (Å²) in [5.41, 5.74) is 2.06. The van der Waals surface area contributed by atoms with Gasteiger partial charge >= 0.3 is 7.55 Å². The Morgan fingerprint density at radius 3 is 1.64 bits per heavy atom. The molecular weight excluding hydrogens is 458 g/mol. The van der Waals surface area contributed by atoms with Crippen molar-refractivity contribution in [2.75, 3.05) is 9.62 Å². The molecule has 1 radical (unpaired) electrons. The van der Waals surface area contributed by atoms with Crippen LogP contribution in [0.15, 0.2) is 61.4 Å². The Balaban J connectivity index is 0.00000144. The second-order valence-electron chi connectivity index (χ2n) is 4.47. The summed E-state index contributed by atoms with van der Waals surface area (Å²) in [6.07, 6.45) is 10.1. The number of nitrogens with zero attached hydrogens (tertiary/aromatic N) is 6. The minimum Gasteiger partial charge on any atom is -0.350 e. The zero-order valence-corrected chi connectivity index (χ0v) is 13.6. The fourth-order valence-corrected chi connectivity index (χ4v) is 2.31. The van der Waals surface area contributed by atoms with Gasteiger partial charge in [0.05, 0.1) is 23.8 Å². The Bertz CT molecular complexity index is 693. The van der Waals surface area contributed by atoms with E-state index in [0.29, 0.717) is 0 Å². The number of rotatable bonds is 2. The topological polar surface area (TPSA) is 58.0 Å². The third-order valence-electron chi connectivity index (χ3n) is 3.22. The molecule has 22 heavy (non-hydrogen) atoms. The molecule has 0 unspecified atom stereocenters. The Morgan fingerprint density at radius 2 is 1.23 bits per heavy atom. The monoisotopic (exact) mass is 468 g/mol. The van der Waals surface area contributed by atoms with Gasteiger partial charge in [-0.3, -0.25) is 9.97 Å². The smallest absolute Gasteiger partial charge is 0.350 e. The summed E-state index contributed by atoms with van der Waals surface area (Å²) in [7, 11) is 1.94. The molecular formula is C14H10BN6Pt. The van der Waals surface area contributed by atoms with E-state index in [2.05, 4.69) is 19.9 Å². The van der Waals surface area contributed by atoms with Crippen molar-refractivity contribution in [3.8, 4) is 0 Å². The number of fused-ring (bicyclic) bond motifs is 1. The number of para-hydroxylation sites is 2. The average Bonchev–Trinajstić information content (AvgIpc) is 2.96. The average molecular weight is 468 g/mol. The second kappa shape index (κ2) is 6.24. The maximum atomic E-state index is 4.36. The van der Waals surface area contributed by atoms with Crippen LogP contribution in [0.4, 0.5) is 23.0 Å². The Hall–Kier alpha value is -2.27. The standard InChI is InChI=1S/C14H10BN6.Pt/c1-2-4-12-11(3-1)20(13-9-16-5-7-18-13)15-21(12)14-10-17-6-8-19-14;/h1-10H;. The molecule has 1 aliphatic heterocycles. The molecule has 0 saturated carbocycles. The van der Waals surface area contributed by atoms with Crippen molar-refractivity contribution >= 4 is 30.6 Å². The molecule has 4 rings (SSSR count). The molecule has 6 nitrogen and oxygen atoms in total. The van der Waals surface area contributed by atoms with Gasteiger partial charge in [0, 0.05) is 45.9 Å². The fraction of sp³-hybridized carbons (Fsp3) is 0. The first-order valence-corrected chi connectivity index (χ1v) is 6.48. The Kier molecular flexibility index (Phi) is 4.16. The van der Waals surface area contributed by atoms with Gasteiger partial charge in [-0.2, -0.15) is 0 Å². The summed E-state index contributed by atoms with van der Waals surface area (Å²) in [5.74, 6) is 1.52. The molecule has 0 spiro atoms. The quantitative estimate of drug-likeness (QED) is 0.538. The van der Waals surface area contributed by atoms with Gasteiger partial charge in [0.1, 0.15) is 11.6 Å². The molecule has 109 valence electrons. The van der Waals surface area contributed by atoms with Gasteiger partial charge < -0.3 is 9.62 Å². The van der Waals surface area contributed by atoms with Gasteiger partial charge in [0.25, 0.3) is 0 Å². The zero-order chi connectivity index (χ0) is 14.1. The first-order valence-electron chi connectivity index (χ1n) is 6.48. The molecule has 0 aliphatic carbocycles. The molecule has 8 heteroatoms. The third-order valence-corrected chi connectivity index (χ3v) is 3.22. The first kappa shape index (κ1) is 14.7. The summed E-state index contributed by atoms with van der Waals surface area (Å²) in [6.45, 7) is 0. The largest absolute Gasteiger partial charge is 0.404 e. The molecule has 1 aromatic carbocycles. The SMILES string of the molecule is [B]1N(c2cnccn2)c2ccccc2N1c1cnccn1.[Pt]. The van der Waals surface area contributed by atoms with Crippen LogP contribution in [0.25, 0.3) is 0 Å². The van der Waals surface area contributed by atoms with E-state index in [0.717, 1.165) is 23.0 Å². The van der Waals surface area contributed by atoms with Crippen LogP contribution in [0.5, 0.6) is 0 Å². The Labute approximate surface area is 142 Å². The number of hydrogen-bond donors (Lipinski definition) is 0. The molecule has 0 N–H and O–H groups in total. The van der Waals surface area contributed by atoms with E-state index in [-0.39, 0.29) is 21.1 Å². The summed E-state index contributed by atoms with van der Waals surface area (Å²) < 4.78 is 0. The van der Waals surface area contributed by atoms with Crippen molar-refractivity contribution in [3.05, 3.63) is 61.4 Å². The van der Waals surface area contributed by atoms with Crippen molar-refractivity contribution in [2.24, 2.45) is 0 Å². The van der Waals surface area contributed by atoms with Crippen LogP contribution < -0.4 is 9.62 Å². The molecule has 3 heterocycles. The van der Waals surface area contributed by atoms with E-state index in [9.17, 15) is 0 Å². The molecule has 0 fully saturated rings. The van der Waals surface area contributed by atoms with Crippen molar-refractivity contribution in [1.82, 2.24) is 19.9 Å². The number of aromatic nitrogens is 4. The van der Waals surface area contributed by atoms with E-state index >= 15 is 0 Å². The van der Waals surface area contributed by atoms with E-state index in [4.69, 9.17) is 0 Å². The molecule has 1 aliphatic rings. The van der Waals surface area contributed by atoms with Crippen LogP contribution in [0, 0.1) is 0 Å². The van der Waals surface area contributed by atoms with E-state index < -0.39 is 0 Å². The van der Waals surface area contributed by atoms with Crippen molar-refractivity contribution < 1.29 is 21.1 Å². The summed E-state index contributed by atoms with van der Waals surface area (Å²) in [6, 6.07) is 8.07. The maximum absolute atomic E-state index is 4.36. The predicted molar refractivity (Wildman–Crippen MR) is 80.5 cm³/mol. The van der Waals surface area contributed by atoms with Crippen LogP contribution in [-0.4, -0.2) is 27.5 Å². The summed E-state index contributed by atoms with van der Waals surface area (Å²) in [4.78, 5) is 20.9. The van der Waals surface area contributed by atoms with Gasteiger partial charge in [0.15, 0.2) is 0 Å². The molecule has 0 amide bonds. The maximum Gasteiger partial charge on any atom is 0.404 e. The van der Waals surface area contributed by atoms with Crippen LogP contribution >= 0.6 is 0 Å². The van der Waals surface area contributed by atoms with Gasteiger partial charge in [-0.05, 0) is 12.1 Å². The predicted octanol–water partition coefficient (Wildman–Crippen LogP) is 2.09. The number of hydrogen-bond acceptors (Lipinski definition) is 6. The van der Waals surface area contributed by atoms with E-state index in [1.54, 1.807) is 37.2 Å². The molecule has 3 aromatic rings. The van der Waals surface area contributed by atoms with E-state index in [1.165, 1.54) is 0 Å². The first-order chi connectivity index (χ1) is 10.4. The third kappa shape index (κ3) is 2.48. The summed E-state index contributed by atoms with van der Waals surface area (Å²) >= 11 is 0. The summed E-state index contributed by atoms with van der Waals surface area (Å²) in [5, 5.41) is 0. The van der Waals surface area contributed by atoms with Crippen molar-refractivity contribution in [3.63, 3.8) is 0 Å². The van der Waals surface area contributed by atoms with Crippen molar-refractivity contribution in [2.45, 2.75) is 0 Å². The second-order valence-corrected chi connectivity index (χ2v) is 4.47. The van der Waals surface area contributed by atoms with Gasteiger partial charge in [-0.15, -0.1) is 0 Å². The van der Waals surface area contributed by atoms with Gasteiger partial charge in [0.2, 0.25) is 0 Å². The minimum absolute atomic E-state index is 0. The van der Waals surface area contributed by atoms with Crippen LogP contribution in [0.3, 0.4) is 0 Å². The van der Waals surface area contributed by atoms with Crippen molar-refractivity contribution in [1.29, 1.82) is 0 Å². The van der Waals surface area contributed by atoms with Crippen LogP contribution in [0.1, 0.15) is 0 Å². The molecule has 2 aromatic heterocycles. The Morgan fingerprint density at radius 1 is 0.727 bits per heavy atom. The molecule has 0 bridgehead atoms. The van der Waals surface area contributed by atoms with E-state index in [1.807, 2.05) is 41.4 Å². The minimum atomic E-state index is 0. The normalized spacial score (nSPS) is 12.4. The van der Waals surface area contributed by atoms with Crippen LogP contribution in [0.2, 0.25) is 0 Å². The molecule has 0 saturated heterocycles. The van der Waals surface area contributed by atoms with Gasteiger partial charge in [-0.1, -0.05) is 12.1 Å². The number of anilines is 4. The molecule has 0 atom stereocenters. The van der Waals surface area contributed by atoms with Crippen LogP contribution in [-0.2, 0) is 21.1 Å². The fourth-order valence-electron chi connectivity index (χ4n) is 2.31. The van der Waals surface area contributed by atoms with Gasteiger partial charge in [-0.25, -0.2) is 9.97 Å².